The van der Waals surface area contributed by atoms with Crippen molar-refractivity contribution in [2.24, 2.45) is 0 Å². The van der Waals surface area contributed by atoms with Gasteiger partial charge in [-0.3, -0.25) is 0 Å². The van der Waals surface area contributed by atoms with Gasteiger partial charge in [-0.25, -0.2) is 14.6 Å². The number of carbonyl (C=O) groups excluding carboxylic acids is 2. The summed E-state index contributed by atoms with van der Waals surface area (Å²) in [6.45, 7) is 7.37. The standard InChI is InChI=1S/C32H35NO7.C7H6N2S/c1-3-5-24-6-8-25(9-7-24)27-12-15-30(28(22-27)23-33)40-32(35)26-10-13-29(14-11-26)38-20-18-36-16-17-37-19-21-39-31(34)4-2;8-7-9-5-3-1-2-4-6(5)10-7/h4,6-15,22-23,33H,2-3,5,16-21H2,1H3;1-4H,(H2,8,9). The molecule has 0 amide bonds. The third kappa shape index (κ3) is 12.0. The van der Waals surface area contributed by atoms with Crippen LogP contribution < -0.4 is 15.2 Å². The first-order valence-electron chi connectivity index (χ1n) is 16.1. The molecule has 11 heteroatoms. The lowest BCUT2D eigenvalue weighted by Crippen LogP contribution is -2.13. The van der Waals surface area contributed by atoms with E-state index in [9.17, 15) is 9.59 Å². The molecule has 0 aliphatic heterocycles. The molecule has 1 heterocycles. The number of thiazole rings is 1. The van der Waals surface area contributed by atoms with E-state index in [-0.39, 0.29) is 13.2 Å². The maximum atomic E-state index is 12.7. The summed E-state index contributed by atoms with van der Waals surface area (Å²) in [5.41, 5.74) is 10.7. The van der Waals surface area contributed by atoms with Gasteiger partial charge in [-0.15, -0.1) is 0 Å². The van der Waals surface area contributed by atoms with Crippen LogP contribution in [0.3, 0.4) is 0 Å². The van der Waals surface area contributed by atoms with Crippen molar-refractivity contribution in [2.45, 2.75) is 19.8 Å². The first kappa shape index (κ1) is 37.5. The van der Waals surface area contributed by atoms with E-state index in [0.717, 1.165) is 40.3 Å². The number of fused-ring (bicyclic) bond motifs is 1. The molecule has 0 spiro atoms. The molecule has 3 N–H and O–H groups in total. The van der Waals surface area contributed by atoms with E-state index in [0.29, 0.717) is 54.2 Å². The number of nitrogen functional groups attached to an aromatic ring is 1. The lowest BCUT2D eigenvalue weighted by Gasteiger charge is -2.11. The van der Waals surface area contributed by atoms with Crippen LogP contribution >= 0.6 is 11.3 Å². The minimum Gasteiger partial charge on any atom is -0.491 e. The minimum absolute atomic E-state index is 0.168. The maximum absolute atomic E-state index is 12.7. The number of aromatic nitrogens is 1. The van der Waals surface area contributed by atoms with E-state index >= 15 is 0 Å². The number of nitrogens with one attached hydrogen (secondary N) is 1. The van der Waals surface area contributed by atoms with Gasteiger partial charge in [0.05, 0.1) is 42.2 Å². The van der Waals surface area contributed by atoms with Crippen LogP contribution in [-0.4, -0.2) is 62.8 Å². The highest BCUT2D eigenvalue weighted by Crippen LogP contribution is 2.27. The summed E-state index contributed by atoms with van der Waals surface area (Å²) in [7, 11) is 0. The zero-order valence-corrected chi connectivity index (χ0v) is 28.8. The van der Waals surface area contributed by atoms with Crippen molar-refractivity contribution in [3.63, 3.8) is 0 Å². The second-order valence-electron chi connectivity index (χ2n) is 10.7. The van der Waals surface area contributed by atoms with E-state index in [1.165, 1.54) is 23.1 Å². The molecule has 4 aromatic carbocycles. The summed E-state index contributed by atoms with van der Waals surface area (Å²) in [5.74, 6) is -0.0808. The van der Waals surface area contributed by atoms with Crippen LogP contribution in [0.5, 0.6) is 11.5 Å². The van der Waals surface area contributed by atoms with Crippen molar-refractivity contribution in [3.8, 4) is 22.6 Å². The van der Waals surface area contributed by atoms with Crippen molar-refractivity contribution >= 4 is 44.8 Å². The molecule has 10 nitrogen and oxygen atoms in total. The van der Waals surface area contributed by atoms with E-state index in [1.807, 2.05) is 36.4 Å². The maximum Gasteiger partial charge on any atom is 0.343 e. The lowest BCUT2D eigenvalue weighted by atomic mass is 10.0. The third-order valence-electron chi connectivity index (χ3n) is 7.10. The summed E-state index contributed by atoms with van der Waals surface area (Å²) in [4.78, 5) is 27.7. The van der Waals surface area contributed by atoms with Gasteiger partial charge in [-0.05, 0) is 71.6 Å². The van der Waals surface area contributed by atoms with Crippen molar-refractivity contribution in [1.82, 2.24) is 4.98 Å². The third-order valence-corrected chi connectivity index (χ3v) is 7.97. The van der Waals surface area contributed by atoms with Gasteiger partial charge in [0, 0.05) is 17.9 Å². The van der Waals surface area contributed by atoms with Gasteiger partial charge >= 0.3 is 11.9 Å². The fourth-order valence-electron chi connectivity index (χ4n) is 4.62. The molecule has 5 rings (SSSR count). The van der Waals surface area contributed by atoms with Gasteiger partial charge in [-0.2, -0.15) is 0 Å². The summed E-state index contributed by atoms with van der Waals surface area (Å²) in [6.07, 6.45) is 4.42. The van der Waals surface area contributed by atoms with Crippen molar-refractivity contribution in [1.29, 1.82) is 5.41 Å². The minimum atomic E-state index is -0.520. The Morgan fingerprint density at radius 3 is 2.22 bits per heavy atom. The Kier molecular flexibility index (Phi) is 15.1. The molecule has 5 aromatic rings. The number of hydrogen-bond acceptors (Lipinski definition) is 11. The normalized spacial score (nSPS) is 10.5. The Morgan fingerprint density at radius 1 is 0.860 bits per heavy atom. The topological polar surface area (TPSA) is 143 Å². The molecule has 50 heavy (non-hydrogen) atoms. The molecule has 0 saturated carbocycles. The highest BCUT2D eigenvalue weighted by molar-refractivity contribution is 7.22. The number of esters is 2. The fourth-order valence-corrected chi connectivity index (χ4v) is 5.36. The van der Waals surface area contributed by atoms with Gasteiger partial charge in [0.15, 0.2) is 5.13 Å². The van der Waals surface area contributed by atoms with E-state index < -0.39 is 11.9 Å². The predicted octanol–water partition coefficient (Wildman–Crippen LogP) is 7.54. The second-order valence-corrected chi connectivity index (χ2v) is 11.8. The Labute approximate surface area is 295 Å². The Bertz CT molecular complexity index is 1810. The largest absolute Gasteiger partial charge is 0.491 e. The molecule has 0 saturated heterocycles. The molecule has 0 unspecified atom stereocenters. The predicted molar refractivity (Wildman–Crippen MR) is 197 cm³/mol. The molecule has 260 valence electrons. The summed E-state index contributed by atoms with van der Waals surface area (Å²) < 4.78 is 27.9. The van der Waals surface area contributed by atoms with Crippen molar-refractivity contribution in [3.05, 3.63) is 120 Å². The van der Waals surface area contributed by atoms with Crippen LogP contribution in [0.4, 0.5) is 5.13 Å². The molecule has 0 fully saturated rings. The van der Waals surface area contributed by atoms with Crippen LogP contribution in [-0.2, 0) is 25.4 Å². The highest BCUT2D eigenvalue weighted by atomic mass is 32.1. The average molecular weight is 696 g/mol. The van der Waals surface area contributed by atoms with Crippen LogP contribution in [0.15, 0.2) is 104 Å². The van der Waals surface area contributed by atoms with Crippen LogP contribution in [0, 0.1) is 5.41 Å². The zero-order valence-electron chi connectivity index (χ0n) is 28.0. The number of ether oxygens (including phenoxy) is 5. The van der Waals surface area contributed by atoms with Gasteiger partial charge in [0.2, 0.25) is 0 Å². The Balaban J connectivity index is 0.000000474. The van der Waals surface area contributed by atoms with Crippen LogP contribution in [0.2, 0.25) is 0 Å². The highest BCUT2D eigenvalue weighted by Gasteiger charge is 2.13. The molecular formula is C39H41N3O7S. The number of nitrogens with zero attached hydrogens (tertiary/aromatic N) is 1. The number of anilines is 1. The molecule has 1 aromatic heterocycles. The number of nitrogens with two attached hydrogens (primary N) is 1. The van der Waals surface area contributed by atoms with Gasteiger partial charge in [0.1, 0.15) is 24.7 Å². The number of aryl methyl sites for hydroxylation is 1. The Hall–Kier alpha value is -5.36. The van der Waals surface area contributed by atoms with Crippen LogP contribution in [0.25, 0.3) is 21.3 Å². The number of carbonyl (C=O) groups is 2. The Morgan fingerprint density at radius 2 is 1.54 bits per heavy atom. The molecule has 0 aliphatic carbocycles. The fraction of sp³-hybridized carbons (Fsp3) is 0.231. The molecule has 0 radical (unpaired) electrons. The lowest BCUT2D eigenvalue weighted by molar-refractivity contribution is -0.139. The smallest absolute Gasteiger partial charge is 0.343 e. The van der Waals surface area contributed by atoms with Gasteiger partial charge in [0.25, 0.3) is 0 Å². The van der Waals surface area contributed by atoms with Gasteiger partial charge in [-0.1, -0.05) is 73.7 Å². The summed E-state index contributed by atoms with van der Waals surface area (Å²) in [6, 6.07) is 28.4. The first-order valence-corrected chi connectivity index (χ1v) is 17.0. The van der Waals surface area contributed by atoms with E-state index in [1.54, 1.807) is 30.3 Å². The number of rotatable bonds is 17. The SMILES string of the molecule is C=CC(=O)OCCOCCOCCOc1ccc(C(=O)Oc2ccc(-c3ccc(CCC)cc3)cc2C=N)cc1.Nc1nc2ccccc2s1. The molecule has 0 atom stereocenters. The van der Waals surface area contributed by atoms with Gasteiger partial charge < -0.3 is 34.8 Å². The molecular weight excluding hydrogens is 655 g/mol. The summed E-state index contributed by atoms with van der Waals surface area (Å²) in [5, 5.41) is 8.45. The van der Waals surface area contributed by atoms with Crippen LogP contribution in [0.1, 0.15) is 34.8 Å². The van der Waals surface area contributed by atoms with E-state index in [2.05, 4.69) is 42.8 Å². The summed E-state index contributed by atoms with van der Waals surface area (Å²) >= 11 is 1.52. The van der Waals surface area contributed by atoms with E-state index in [4.69, 9.17) is 34.8 Å². The quantitative estimate of drug-likeness (QED) is 0.0332. The first-order chi connectivity index (χ1) is 24.4. The molecule has 0 aliphatic rings. The zero-order chi connectivity index (χ0) is 35.6. The van der Waals surface area contributed by atoms with Crippen molar-refractivity contribution < 1.29 is 33.3 Å². The number of benzene rings is 4. The average Bonchev–Trinajstić information content (AvgIpc) is 3.53. The monoisotopic (exact) mass is 695 g/mol. The molecule has 0 bridgehead atoms. The number of para-hydroxylation sites is 1. The van der Waals surface area contributed by atoms with Crippen molar-refractivity contribution in [2.75, 3.05) is 45.4 Å². The second kappa shape index (κ2) is 20.2. The number of hydrogen-bond donors (Lipinski definition) is 2.